The highest BCUT2D eigenvalue weighted by Gasteiger charge is 2.17. The third-order valence-electron chi connectivity index (χ3n) is 3.30. The van der Waals surface area contributed by atoms with Crippen molar-refractivity contribution in [1.82, 2.24) is 5.32 Å². The van der Waals surface area contributed by atoms with Crippen molar-refractivity contribution in [3.8, 4) is 0 Å². The summed E-state index contributed by atoms with van der Waals surface area (Å²) in [5.74, 6) is 1.23. The average molecular weight is 283 g/mol. The van der Waals surface area contributed by atoms with Gasteiger partial charge in [-0.15, -0.1) is 0 Å². The van der Waals surface area contributed by atoms with Crippen LogP contribution in [0.2, 0.25) is 0 Å². The maximum Gasteiger partial charge on any atom is 0.0577 e. The molecule has 1 N–H and O–H groups in total. The van der Waals surface area contributed by atoms with Gasteiger partial charge >= 0.3 is 0 Å². The fraction of sp³-hybridized carbons (Fsp3) is 0.600. The summed E-state index contributed by atoms with van der Waals surface area (Å²) in [7, 11) is 2.71. The molecular weight excluding hydrogens is 258 g/mol. The van der Waals surface area contributed by atoms with Crippen LogP contribution in [-0.4, -0.2) is 36.5 Å². The van der Waals surface area contributed by atoms with E-state index in [1.165, 1.54) is 22.3 Å². The van der Waals surface area contributed by atoms with E-state index in [0.717, 1.165) is 0 Å². The Morgan fingerprint density at radius 3 is 2.32 bits per heavy atom. The molecule has 1 aromatic rings. The molecule has 4 heteroatoms. The Hall–Kier alpha value is -0.710. The molecule has 0 aliphatic carbocycles. The van der Waals surface area contributed by atoms with Gasteiger partial charge in [0.1, 0.15) is 0 Å². The number of ether oxygens (including phenoxy) is 1. The Morgan fingerprint density at radius 2 is 1.84 bits per heavy atom. The first-order valence-corrected chi connectivity index (χ1v) is 8.07. The molecule has 0 saturated heterocycles. The Balaban J connectivity index is 2.88. The van der Waals surface area contributed by atoms with Gasteiger partial charge in [-0.25, -0.2) is 0 Å². The van der Waals surface area contributed by atoms with E-state index < -0.39 is 10.8 Å². The molecule has 108 valence electrons. The van der Waals surface area contributed by atoms with E-state index >= 15 is 0 Å². The molecule has 2 unspecified atom stereocenters. The lowest BCUT2D eigenvalue weighted by atomic mass is 9.95. The van der Waals surface area contributed by atoms with Crippen LogP contribution < -0.4 is 5.32 Å². The minimum Gasteiger partial charge on any atom is -0.384 e. The van der Waals surface area contributed by atoms with Crippen LogP contribution in [0.3, 0.4) is 0 Å². The molecule has 0 spiro atoms. The van der Waals surface area contributed by atoms with Crippen LogP contribution in [0.15, 0.2) is 12.1 Å². The zero-order valence-electron chi connectivity index (χ0n) is 12.6. The highest BCUT2D eigenvalue weighted by atomic mass is 32.2. The molecule has 0 saturated carbocycles. The third kappa shape index (κ3) is 4.71. The number of hydrogen-bond acceptors (Lipinski definition) is 3. The number of rotatable bonds is 7. The molecule has 0 aliphatic heterocycles. The summed E-state index contributed by atoms with van der Waals surface area (Å²) in [6.45, 7) is 6.90. The zero-order valence-corrected chi connectivity index (χ0v) is 13.4. The summed E-state index contributed by atoms with van der Waals surface area (Å²) in [6.07, 6.45) is 0. The van der Waals surface area contributed by atoms with E-state index in [0.29, 0.717) is 18.1 Å². The van der Waals surface area contributed by atoms with Crippen LogP contribution in [-0.2, 0) is 15.5 Å². The highest BCUT2D eigenvalue weighted by Crippen LogP contribution is 2.24. The summed E-state index contributed by atoms with van der Waals surface area (Å²) in [4.78, 5) is 0. The Bertz CT molecular complexity index is 423. The molecule has 19 heavy (non-hydrogen) atoms. The number of benzene rings is 1. The van der Waals surface area contributed by atoms with Gasteiger partial charge < -0.3 is 10.1 Å². The molecule has 0 bridgehead atoms. The first kappa shape index (κ1) is 16.3. The van der Waals surface area contributed by atoms with E-state index in [1.54, 1.807) is 7.11 Å². The van der Waals surface area contributed by atoms with Gasteiger partial charge in [-0.1, -0.05) is 17.7 Å². The smallest absolute Gasteiger partial charge is 0.0577 e. The van der Waals surface area contributed by atoms with E-state index in [9.17, 15) is 4.21 Å². The fourth-order valence-corrected chi connectivity index (χ4v) is 3.72. The summed E-state index contributed by atoms with van der Waals surface area (Å²) in [5.41, 5.74) is 5.08. The van der Waals surface area contributed by atoms with Crippen LogP contribution in [0.4, 0.5) is 0 Å². The molecule has 0 aromatic heterocycles. The summed E-state index contributed by atoms with van der Waals surface area (Å²) < 4.78 is 17.0. The van der Waals surface area contributed by atoms with Crippen molar-refractivity contribution >= 4 is 10.8 Å². The summed E-state index contributed by atoms with van der Waals surface area (Å²) in [5, 5.41) is 3.29. The molecule has 0 radical (unpaired) electrons. The number of aryl methyl sites for hydroxylation is 3. The highest BCUT2D eigenvalue weighted by molar-refractivity contribution is 7.85. The van der Waals surface area contributed by atoms with Crippen molar-refractivity contribution < 1.29 is 8.95 Å². The molecule has 0 fully saturated rings. The van der Waals surface area contributed by atoms with Gasteiger partial charge in [0.2, 0.25) is 0 Å². The molecule has 1 aromatic carbocycles. The zero-order chi connectivity index (χ0) is 14.4. The Morgan fingerprint density at radius 1 is 1.26 bits per heavy atom. The number of nitrogens with one attached hydrogen (secondary N) is 1. The van der Waals surface area contributed by atoms with Gasteiger partial charge in [0.25, 0.3) is 0 Å². The quantitative estimate of drug-likeness (QED) is 0.834. The van der Waals surface area contributed by atoms with Gasteiger partial charge in [-0.3, -0.25) is 4.21 Å². The first-order chi connectivity index (χ1) is 8.99. The summed E-state index contributed by atoms with van der Waals surface area (Å²) in [6, 6.07) is 4.51. The van der Waals surface area contributed by atoms with Crippen molar-refractivity contribution in [2.45, 2.75) is 26.8 Å². The molecule has 0 heterocycles. The van der Waals surface area contributed by atoms with Crippen LogP contribution >= 0.6 is 0 Å². The lowest BCUT2D eigenvalue weighted by Crippen LogP contribution is -2.26. The Labute approximate surface area is 119 Å². The van der Waals surface area contributed by atoms with Gasteiger partial charge in [0.15, 0.2) is 0 Å². The maximum absolute atomic E-state index is 12.0. The minimum atomic E-state index is -0.860. The third-order valence-corrected chi connectivity index (χ3v) is 4.63. The minimum absolute atomic E-state index is 0.137. The molecule has 1 rings (SSSR count). The number of hydrogen-bond donors (Lipinski definition) is 1. The Kier molecular flexibility index (Phi) is 6.69. The molecule has 0 amide bonds. The fourth-order valence-electron chi connectivity index (χ4n) is 2.50. The molecule has 2 atom stereocenters. The van der Waals surface area contributed by atoms with Crippen molar-refractivity contribution in [2.24, 2.45) is 0 Å². The van der Waals surface area contributed by atoms with E-state index in [-0.39, 0.29) is 6.04 Å². The van der Waals surface area contributed by atoms with Gasteiger partial charge in [-0.05, 0) is 44.5 Å². The molecule has 0 aliphatic rings. The lowest BCUT2D eigenvalue weighted by Gasteiger charge is -2.21. The van der Waals surface area contributed by atoms with Crippen molar-refractivity contribution in [1.29, 1.82) is 0 Å². The second kappa shape index (κ2) is 7.78. The van der Waals surface area contributed by atoms with Crippen LogP contribution in [0.5, 0.6) is 0 Å². The number of methoxy groups -OCH3 is 1. The maximum atomic E-state index is 12.0. The van der Waals surface area contributed by atoms with Crippen molar-refractivity contribution in [3.05, 3.63) is 34.4 Å². The van der Waals surface area contributed by atoms with Crippen molar-refractivity contribution in [3.63, 3.8) is 0 Å². The van der Waals surface area contributed by atoms with Gasteiger partial charge in [0, 0.05) is 35.5 Å². The topological polar surface area (TPSA) is 38.3 Å². The van der Waals surface area contributed by atoms with Crippen LogP contribution in [0, 0.1) is 20.8 Å². The first-order valence-electron chi connectivity index (χ1n) is 6.58. The molecule has 3 nitrogen and oxygen atoms in total. The average Bonchev–Trinajstić information content (AvgIpc) is 2.33. The van der Waals surface area contributed by atoms with Crippen LogP contribution in [0.1, 0.15) is 28.3 Å². The lowest BCUT2D eigenvalue weighted by molar-refractivity contribution is 0.218. The second-order valence-corrected chi connectivity index (χ2v) is 6.58. The second-order valence-electron chi connectivity index (χ2n) is 4.96. The monoisotopic (exact) mass is 283 g/mol. The van der Waals surface area contributed by atoms with Gasteiger partial charge in [-0.2, -0.15) is 0 Å². The van der Waals surface area contributed by atoms with Crippen LogP contribution in [0.25, 0.3) is 0 Å². The SMILES string of the molecule is CNC(CS(=O)CCOC)c1c(C)cc(C)cc1C. The predicted molar refractivity (Wildman–Crippen MR) is 82.2 cm³/mol. The standard InChI is InChI=1S/C15H25NO2S/c1-11-8-12(2)15(13(3)9-11)14(16-4)10-19(17)7-6-18-5/h8-9,14,16H,6-7,10H2,1-5H3. The van der Waals surface area contributed by atoms with E-state index in [2.05, 4.69) is 38.2 Å². The largest absolute Gasteiger partial charge is 0.384 e. The normalized spacial score (nSPS) is 14.4. The van der Waals surface area contributed by atoms with E-state index in [1.807, 2.05) is 7.05 Å². The summed E-state index contributed by atoms with van der Waals surface area (Å²) >= 11 is 0. The molecular formula is C15H25NO2S. The van der Waals surface area contributed by atoms with Gasteiger partial charge in [0.05, 0.1) is 6.61 Å². The van der Waals surface area contributed by atoms with E-state index in [4.69, 9.17) is 4.74 Å². The predicted octanol–water partition coefficient (Wildman–Crippen LogP) is 2.27. The van der Waals surface area contributed by atoms with Crippen molar-refractivity contribution in [2.75, 3.05) is 32.3 Å².